The largest absolute Gasteiger partial charge is 0.392 e. The second-order valence-corrected chi connectivity index (χ2v) is 19.7. The lowest BCUT2D eigenvalue weighted by Gasteiger charge is -2.46. The number of halogens is 1. The highest BCUT2D eigenvalue weighted by Gasteiger charge is 2.66. The van der Waals surface area contributed by atoms with Crippen LogP contribution in [0, 0.1) is 23.2 Å². The van der Waals surface area contributed by atoms with E-state index in [9.17, 15) is 14.7 Å². The van der Waals surface area contributed by atoms with Gasteiger partial charge in [0.1, 0.15) is 0 Å². The van der Waals surface area contributed by atoms with Gasteiger partial charge in [0.25, 0.3) is 0 Å². The van der Waals surface area contributed by atoms with E-state index in [4.69, 9.17) is 0 Å². The van der Waals surface area contributed by atoms with Crippen molar-refractivity contribution in [2.24, 2.45) is 23.2 Å². The summed E-state index contributed by atoms with van der Waals surface area (Å²) in [6.45, 7) is 9.54. The molecule has 214 valence electrons. The molecular weight excluding hydrogens is 602 g/mol. The third-order valence-corrected chi connectivity index (χ3v) is 13.1. The Morgan fingerprint density at radius 3 is 2.10 bits per heavy atom. The number of carbonyl (C=O) groups is 2. The van der Waals surface area contributed by atoms with Gasteiger partial charge in [-0.15, -0.1) is 0 Å². The molecule has 4 nitrogen and oxygen atoms in total. The van der Waals surface area contributed by atoms with Crippen LogP contribution < -0.4 is 4.90 Å². The lowest BCUT2D eigenvalue weighted by molar-refractivity contribution is -0.123. The van der Waals surface area contributed by atoms with Gasteiger partial charge in [0.15, 0.2) is 0 Å². The zero-order valence-electron chi connectivity index (χ0n) is 24.5. The van der Waals surface area contributed by atoms with Gasteiger partial charge in [-0.1, -0.05) is 114 Å². The number of anilines is 1. The van der Waals surface area contributed by atoms with Crippen LogP contribution in [-0.2, 0) is 9.59 Å². The molecule has 3 aliphatic carbocycles. The van der Waals surface area contributed by atoms with E-state index in [-0.39, 0.29) is 23.1 Å². The minimum absolute atomic E-state index is 0.143. The molecule has 4 aliphatic rings. The van der Waals surface area contributed by atoms with Crippen molar-refractivity contribution in [1.29, 1.82) is 0 Å². The third-order valence-electron chi connectivity index (χ3n) is 10.3. The van der Waals surface area contributed by atoms with Crippen molar-refractivity contribution in [3.05, 3.63) is 117 Å². The molecule has 0 unspecified atom stereocenters. The lowest BCUT2D eigenvalue weighted by Crippen LogP contribution is -2.40. The van der Waals surface area contributed by atoms with Gasteiger partial charge in [0.05, 0.1) is 31.7 Å². The predicted octanol–water partition coefficient (Wildman–Crippen LogP) is 7.77. The molecule has 42 heavy (non-hydrogen) atoms. The van der Waals surface area contributed by atoms with E-state index in [2.05, 4.69) is 78.9 Å². The SMILES string of the molecule is C[C@@]12CC([Si](C)(C)C)=C(c3ccc(Br)cc3)C3=C1[C@@H]([C@H](O)[C@H]2c1ccccc1)[C@H]1C(=O)N(c2ccccc2)C(=O)[C@H]1C3. The summed E-state index contributed by atoms with van der Waals surface area (Å²) in [6, 6.07) is 28.1. The minimum Gasteiger partial charge on any atom is -0.392 e. The van der Waals surface area contributed by atoms with Crippen molar-refractivity contribution >= 4 is 47.1 Å². The molecule has 1 heterocycles. The number of aliphatic hydroxyl groups is 1. The highest BCUT2D eigenvalue weighted by Crippen LogP contribution is 2.69. The standard InChI is InChI=1S/C36H36BrNO3Si/c1-36-20-27(42(2,3)4)28(21-15-17-23(37)18-16-21)25-19-26-29(35(41)38(34(26)40)24-13-9-6-10-14-24)30(32(25)36)33(39)31(36)22-11-7-5-8-12-22/h5-18,26,29-31,33,39H,19-20H2,1-4H3/t26-,29-,30-,31+,33-,36-/m0/s1. The van der Waals surface area contributed by atoms with E-state index in [1.165, 1.54) is 26.8 Å². The summed E-state index contributed by atoms with van der Waals surface area (Å²) >= 11 is 3.61. The van der Waals surface area contributed by atoms with Crippen LogP contribution in [0.5, 0.6) is 0 Å². The molecule has 6 heteroatoms. The summed E-state index contributed by atoms with van der Waals surface area (Å²) < 4.78 is 1.02. The van der Waals surface area contributed by atoms with E-state index in [1.807, 2.05) is 48.5 Å². The number of hydrogen-bond donors (Lipinski definition) is 1. The predicted molar refractivity (Wildman–Crippen MR) is 173 cm³/mol. The first kappa shape index (κ1) is 27.8. The Labute approximate surface area is 257 Å². The van der Waals surface area contributed by atoms with Gasteiger partial charge in [0, 0.05) is 21.7 Å². The highest BCUT2D eigenvalue weighted by molar-refractivity contribution is 9.10. The maximum absolute atomic E-state index is 14.3. The Hall–Kier alpha value is -3.06. The van der Waals surface area contributed by atoms with Crippen LogP contribution in [0.25, 0.3) is 5.57 Å². The van der Waals surface area contributed by atoms with Gasteiger partial charge >= 0.3 is 0 Å². The molecule has 0 radical (unpaired) electrons. The Bertz CT molecular complexity index is 1660. The summed E-state index contributed by atoms with van der Waals surface area (Å²) in [6.07, 6.45) is 0.602. The summed E-state index contributed by atoms with van der Waals surface area (Å²) in [4.78, 5) is 29.9. The Balaban J connectivity index is 1.49. The van der Waals surface area contributed by atoms with Crippen molar-refractivity contribution in [3.63, 3.8) is 0 Å². The number of nitrogens with zero attached hydrogens (tertiary/aromatic N) is 1. The highest BCUT2D eigenvalue weighted by atomic mass is 79.9. The fourth-order valence-electron chi connectivity index (χ4n) is 8.68. The zero-order chi connectivity index (χ0) is 29.6. The lowest BCUT2D eigenvalue weighted by atomic mass is 9.60. The monoisotopic (exact) mass is 637 g/mol. The number of carbonyl (C=O) groups excluding carboxylic acids is 2. The molecule has 0 spiro atoms. The van der Waals surface area contributed by atoms with Gasteiger partial charge in [-0.2, -0.15) is 0 Å². The van der Waals surface area contributed by atoms with Crippen molar-refractivity contribution in [1.82, 2.24) is 0 Å². The smallest absolute Gasteiger partial charge is 0.238 e. The zero-order valence-corrected chi connectivity index (χ0v) is 27.1. The quantitative estimate of drug-likeness (QED) is 0.235. The van der Waals surface area contributed by atoms with Crippen LogP contribution in [0.4, 0.5) is 5.69 Å². The fraction of sp³-hybridized carbons (Fsp3) is 0.333. The van der Waals surface area contributed by atoms with E-state index in [0.717, 1.165) is 22.0 Å². The molecule has 6 atom stereocenters. The van der Waals surface area contributed by atoms with Gasteiger partial charge in [0.2, 0.25) is 11.8 Å². The maximum atomic E-state index is 14.3. The first-order valence-electron chi connectivity index (χ1n) is 14.9. The van der Waals surface area contributed by atoms with Crippen molar-refractivity contribution in [2.75, 3.05) is 4.90 Å². The summed E-state index contributed by atoms with van der Waals surface area (Å²) in [5, 5.41) is 13.9. The van der Waals surface area contributed by atoms with Crippen LogP contribution in [0.15, 0.2) is 106 Å². The van der Waals surface area contributed by atoms with Gasteiger partial charge < -0.3 is 5.11 Å². The molecule has 2 fully saturated rings. The number of imide groups is 1. The molecule has 1 saturated carbocycles. The van der Waals surface area contributed by atoms with Crippen molar-refractivity contribution < 1.29 is 14.7 Å². The molecule has 1 N–H and O–H groups in total. The second-order valence-electron chi connectivity index (χ2n) is 13.7. The Kier molecular flexibility index (Phi) is 6.43. The van der Waals surface area contributed by atoms with Crippen LogP contribution in [0.1, 0.15) is 36.8 Å². The van der Waals surface area contributed by atoms with Crippen LogP contribution in [0.2, 0.25) is 19.6 Å². The number of rotatable bonds is 4. The number of fused-ring (bicyclic) bond motifs is 2. The average Bonchev–Trinajstić information content (AvgIpc) is 3.36. The van der Waals surface area contributed by atoms with Crippen LogP contribution in [0.3, 0.4) is 0 Å². The molecule has 3 aromatic rings. The molecule has 2 amide bonds. The number of para-hydroxylation sites is 1. The number of hydrogen-bond acceptors (Lipinski definition) is 3. The minimum atomic E-state index is -1.87. The maximum Gasteiger partial charge on any atom is 0.238 e. The fourth-order valence-corrected chi connectivity index (χ4v) is 10.9. The molecule has 0 bridgehead atoms. The first-order chi connectivity index (χ1) is 20.0. The van der Waals surface area contributed by atoms with Crippen molar-refractivity contribution in [2.45, 2.75) is 51.4 Å². The molecule has 1 aliphatic heterocycles. The normalized spacial score (nSPS) is 30.6. The average molecular weight is 639 g/mol. The first-order valence-corrected chi connectivity index (χ1v) is 19.2. The third kappa shape index (κ3) is 3.95. The molecule has 3 aromatic carbocycles. The van der Waals surface area contributed by atoms with Gasteiger partial charge in [-0.25, -0.2) is 0 Å². The topological polar surface area (TPSA) is 57.6 Å². The van der Waals surface area contributed by atoms with Crippen molar-refractivity contribution in [3.8, 4) is 0 Å². The van der Waals surface area contributed by atoms with E-state index >= 15 is 0 Å². The Morgan fingerprint density at radius 2 is 1.48 bits per heavy atom. The summed E-state index contributed by atoms with van der Waals surface area (Å²) in [5.41, 5.74) is 6.18. The molecule has 7 rings (SSSR count). The van der Waals surface area contributed by atoms with Gasteiger partial charge in [-0.05, 0) is 59.4 Å². The number of benzene rings is 3. The number of allylic oxidation sites excluding steroid dienone is 3. The van der Waals surface area contributed by atoms with E-state index < -0.39 is 31.9 Å². The Morgan fingerprint density at radius 1 is 0.857 bits per heavy atom. The van der Waals surface area contributed by atoms with E-state index in [1.54, 1.807) is 0 Å². The summed E-state index contributed by atoms with van der Waals surface area (Å²) in [7, 11) is -1.87. The number of amides is 2. The summed E-state index contributed by atoms with van der Waals surface area (Å²) in [5.74, 6) is -1.96. The van der Waals surface area contributed by atoms with E-state index in [0.29, 0.717) is 12.1 Å². The van der Waals surface area contributed by atoms with Gasteiger partial charge in [-0.3, -0.25) is 14.5 Å². The second kappa shape index (κ2) is 9.73. The molecular formula is C36H36BrNO3Si. The van der Waals surface area contributed by atoms with Crippen LogP contribution in [-0.4, -0.2) is 31.1 Å². The molecule has 0 aromatic heterocycles. The molecule has 1 saturated heterocycles. The number of aliphatic hydroxyl groups excluding tert-OH is 1. The van der Waals surface area contributed by atoms with Crippen LogP contribution >= 0.6 is 15.9 Å².